The average molecular weight is 277 g/mol. The lowest BCUT2D eigenvalue weighted by Gasteiger charge is -2.18. The minimum absolute atomic E-state index is 0.635. The van der Waals surface area contributed by atoms with Gasteiger partial charge in [-0.05, 0) is 43.4 Å². The summed E-state index contributed by atoms with van der Waals surface area (Å²) in [7, 11) is 3.42. The summed E-state index contributed by atoms with van der Waals surface area (Å²) in [4.78, 5) is 0. The number of rotatable bonds is 5. The van der Waals surface area contributed by atoms with Crippen LogP contribution in [0.5, 0.6) is 11.5 Å². The van der Waals surface area contributed by atoms with E-state index in [1.807, 2.05) is 12.1 Å². The normalized spacial score (nSPS) is 23.1. The molecule has 0 amide bonds. The molecule has 20 heavy (non-hydrogen) atoms. The summed E-state index contributed by atoms with van der Waals surface area (Å²) >= 11 is 0. The molecular formula is C17H27NO2. The molecule has 0 aliphatic heterocycles. The minimum atomic E-state index is 0.635. The maximum atomic E-state index is 5.43. The predicted molar refractivity (Wildman–Crippen MR) is 82.4 cm³/mol. The first-order chi connectivity index (χ1) is 9.72. The summed E-state index contributed by atoms with van der Waals surface area (Å²) < 4.78 is 10.7. The van der Waals surface area contributed by atoms with E-state index < -0.39 is 0 Å². The van der Waals surface area contributed by atoms with Crippen LogP contribution in [-0.2, 0) is 6.54 Å². The monoisotopic (exact) mass is 277 g/mol. The van der Waals surface area contributed by atoms with Crippen LogP contribution in [0.2, 0.25) is 0 Å². The Kier molecular flexibility index (Phi) is 5.72. The number of hydrogen-bond acceptors (Lipinski definition) is 3. The van der Waals surface area contributed by atoms with Crippen molar-refractivity contribution in [2.45, 2.75) is 51.6 Å². The molecule has 0 spiro atoms. The molecule has 1 aliphatic carbocycles. The first-order valence-corrected chi connectivity index (χ1v) is 7.67. The van der Waals surface area contributed by atoms with Gasteiger partial charge in [-0.15, -0.1) is 0 Å². The van der Waals surface area contributed by atoms with Gasteiger partial charge in [0.05, 0.1) is 14.2 Å². The molecule has 1 aliphatic rings. The molecule has 2 unspecified atom stereocenters. The van der Waals surface area contributed by atoms with Crippen LogP contribution >= 0.6 is 0 Å². The van der Waals surface area contributed by atoms with Gasteiger partial charge in [0, 0.05) is 18.2 Å². The van der Waals surface area contributed by atoms with E-state index in [0.29, 0.717) is 6.04 Å². The molecule has 112 valence electrons. The second-order valence-corrected chi connectivity index (χ2v) is 5.87. The first-order valence-electron chi connectivity index (χ1n) is 7.67. The lowest BCUT2D eigenvalue weighted by atomic mass is 10.0. The Hall–Kier alpha value is -1.22. The van der Waals surface area contributed by atoms with Crippen molar-refractivity contribution in [3.05, 3.63) is 23.8 Å². The summed E-state index contributed by atoms with van der Waals surface area (Å²) in [6, 6.07) is 6.61. The molecule has 0 radical (unpaired) electrons. The Bertz CT molecular complexity index is 419. The molecule has 1 fully saturated rings. The fourth-order valence-electron chi connectivity index (χ4n) is 2.97. The molecule has 1 saturated carbocycles. The highest BCUT2D eigenvalue weighted by Gasteiger charge is 2.16. The maximum absolute atomic E-state index is 5.43. The Morgan fingerprint density at radius 1 is 1.10 bits per heavy atom. The van der Waals surface area contributed by atoms with Crippen molar-refractivity contribution in [3.8, 4) is 11.5 Å². The third kappa shape index (κ3) is 4.14. The summed E-state index contributed by atoms with van der Waals surface area (Å²) in [5.41, 5.74) is 1.17. The van der Waals surface area contributed by atoms with Crippen molar-refractivity contribution >= 4 is 0 Å². The largest absolute Gasteiger partial charge is 0.497 e. The zero-order chi connectivity index (χ0) is 14.4. The fraction of sp³-hybridized carbons (Fsp3) is 0.647. The smallest absolute Gasteiger partial charge is 0.123 e. The number of nitrogens with one attached hydrogen (secondary N) is 1. The van der Waals surface area contributed by atoms with Gasteiger partial charge in [-0.3, -0.25) is 0 Å². The Morgan fingerprint density at radius 3 is 2.70 bits per heavy atom. The highest BCUT2D eigenvalue weighted by molar-refractivity contribution is 5.40. The molecule has 0 saturated heterocycles. The molecule has 0 bridgehead atoms. The van der Waals surface area contributed by atoms with E-state index in [4.69, 9.17) is 9.47 Å². The van der Waals surface area contributed by atoms with Crippen molar-refractivity contribution in [3.63, 3.8) is 0 Å². The van der Waals surface area contributed by atoms with E-state index in [2.05, 4.69) is 18.3 Å². The Morgan fingerprint density at radius 2 is 1.95 bits per heavy atom. The molecule has 1 N–H and O–H groups in total. The molecular weight excluding hydrogens is 250 g/mol. The Labute approximate surface area is 122 Å². The van der Waals surface area contributed by atoms with Gasteiger partial charge in [-0.2, -0.15) is 0 Å². The van der Waals surface area contributed by atoms with Crippen LogP contribution in [0, 0.1) is 5.92 Å². The second kappa shape index (κ2) is 7.53. The zero-order valence-electron chi connectivity index (χ0n) is 12.9. The summed E-state index contributed by atoms with van der Waals surface area (Å²) in [6.45, 7) is 3.22. The molecule has 0 aromatic heterocycles. The average Bonchev–Trinajstić information content (AvgIpc) is 2.69. The lowest BCUT2D eigenvalue weighted by Crippen LogP contribution is -2.28. The minimum Gasteiger partial charge on any atom is -0.497 e. The van der Waals surface area contributed by atoms with Gasteiger partial charge in [0.1, 0.15) is 11.5 Å². The van der Waals surface area contributed by atoms with E-state index >= 15 is 0 Å². The number of ether oxygens (including phenoxy) is 2. The van der Waals surface area contributed by atoms with Crippen molar-refractivity contribution < 1.29 is 9.47 Å². The zero-order valence-corrected chi connectivity index (χ0v) is 12.9. The molecule has 3 nitrogen and oxygen atoms in total. The van der Waals surface area contributed by atoms with Gasteiger partial charge in [0.15, 0.2) is 0 Å². The van der Waals surface area contributed by atoms with Gasteiger partial charge in [-0.25, -0.2) is 0 Å². The standard InChI is InChI=1S/C17H27NO2/c1-13-5-4-6-15(8-7-13)18-12-14-11-16(19-2)9-10-17(14)20-3/h9-11,13,15,18H,4-8,12H2,1-3H3. The van der Waals surface area contributed by atoms with Gasteiger partial charge in [0.2, 0.25) is 0 Å². The van der Waals surface area contributed by atoms with Crippen molar-refractivity contribution in [1.82, 2.24) is 5.32 Å². The van der Waals surface area contributed by atoms with Crippen LogP contribution in [0.4, 0.5) is 0 Å². The van der Waals surface area contributed by atoms with Crippen LogP contribution < -0.4 is 14.8 Å². The predicted octanol–water partition coefficient (Wildman–Crippen LogP) is 3.76. The van der Waals surface area contributed by atoms with Crippen LogP contribution in [0.25, 0.3) is 0 Å². The van der Waals surface area contributed by atoms with E-state index in [0.717, 1.165) is 24.0 Å². The Balaban J connectivity index is 1.95. The molecule has 1 aromatic carbocycles. The van der Waals surface area contributed by atoms with Gasteiger partial charge < -0.3 is 14.8 Å². The van der Waals surface area contributed by atoms with E-state index in [1.165, 1.54) is 37.7 Å². The number of hydrogen-bond donors (Lipinski definition) is 1. The topological polar surface area (TPSA) is 30.5 Å². The molecule has 2 atom stereocenters. The lowest BCUT2D eigenvalue weighted by molar-refractivity contribution is 0.391. The van der Waals surface area contributed by atoms with Crippen molar-refractivity contribution in [1.29, 1.82) is 0 Å². The van der Waals surface area contributed by atoms with Crippen LogP contribution in [0.3, 0.4) is 0 Å². The highest BCUT2D eigenvalue weighted by atomic mass is 16.5. The van der Waals surface area contributed by atoms with Crippen molar-refractivity contribution in [2.75, 3.05) is 14.2 Å². The molecule has 3 heteroatoms. The second-order valence-electron chi connectivity index (χ2n) is 5.87. The van der Waals surface area contributed by atoms with Crippen LogP contribution in [0.1, 0.15) is 44.6 Å². The number of methoxy groups -OCH3 is 2. The maximum Gasteiger partial charge on any atom is 0.123 e. The van der Waals surface area contributed by atoms with E-state index in [-0.39, 0.29) is 0 Å². The highest BCUT2D eigenvalue weighted by Crippen LogP contribution is 2.26. The third-order valence-corrected chi connectivity index (χ3v) is 4.33. The van der Waals surface area contributed by atoms with Gasteiger partial charge >= 0.3 is 0 Å². The SMILES string of the molecule is COc1ccc(OC)c(CNC2CCCC(C)CC2)c1. The summed E-state index contributed by atoms with van der Waals surface area (Å²) in [5.74, 6) is 2.70. The molecule has 2 rings (SSSR count). The summed E-state index contributed by atoms with van der Waals surface area (Å²) in [6.07, 6.45) is 6.63. The van der Waals surface area contributed by atoms with Crippen LogP contribution in [0.15, 0.2) is 18.2 Å². The van der Waals surface area contributed by atoms with Gasteiger partial charge in [-0.1, -0.05) is 19.8 Å². The van der Waals surface area contributed by atoms with Crippen LogP contribution in [-0.4, -0.2) is 20.3 Å². The molecule has 1 aromatic rings. The quantitative estimate of drug-likeness (QED) is 0.831. The first kappa shape index (κ1) is 15.2. The summed E-state index contributed by atoms with van der Waals surface area (Å²) in [5, 5.41) is 3.69. The molecule has 0 heterocycles. The fourth-order valence-corrected chi connectivity index (χ4v) is 2.97. The number of benzene rings is 1. The third-order valence-electron chi connectivity index (χ3n) is 4.33. The van der Waals surface area contributed by atoms with E-state index in [9.17, 15) is 0 Å². The van der Waals surface area contributed by atoms with Gasteiger partial charge in [0.25, 0.3) is 0 Å². The van der Waals surface area contributed by atoms with E-state index in [1.54, 1.807) is 14.2 Å². The van der Waals surface area contributed by atoms with Crippen molar-refractivity contribution in [2.24, 2.45) is 5.92 Å².